The molecule has 100 valence electrons. The summed E-state index contributed by atoms with van der Waals surface area (Å²) in [5.74, 6) is 0.0925. The van der Waals surface area contributed by atoms with Crippen molar-refractivity contribution in [2.24, 2.45) is 11.1 Å². The number of benzene rings is 1. The maximum atomic E-state index is 12.0. The van der Waals surface area contributed by atoms with Gasteiger partial charge in [-0.05, 0) is 36.5 Å². The van der Waals surface area contributed by atoms with Crippen molar-refractivity contribution in [1.82, 2.24) is 0 Å². The Balaban J connectivity index is 2.77. The van der Waals surface area contributed by atoms with Crippen LogP contribution in [0.5, 0.6) is 0 Å². The molecule has 2 rings (SSSR count). The monoisotopic (exact) mass is 289 g/mol. The molecule has 7 heteroatoms. The summed E-state index contributed by atoms with van der Waals surface area (Å²) in [7, 11) is -7.31. The second kappa shape index (κ2) is 4.04. The quantitative estimate of drug-likeness (QED) is 0.819. The standard InChI is InChI=1S/C11H15NO4S2/c1-7-3-9-4-8(2)10(18(12,15)16)5-11(9)17(13,14)6-7/h4-5,7H,3,6H2,1-2H3,(H2,12,15,16). The SMILES string of the molecule is Cc1cc2c(cc1S(N)(=O)=O)S(=O)(=O)CC(C)C2. The molecule has 1 atom stereocenters. The van der Waals surface area contributed by atoms with Gasteiger partial charge in [0.25, 0.3) is 0 Å². The summed E-state index contributed by atoms with van der Waals surface area (Å²) in [4.78, 5) is -0.00500. The minimum Gasteiger partial charge on any atom is -0.225 e. The van der Waals surface area contributed by atoms with Crippen LogP contribution in [0, 0.1) is 12.8 Å². The molecule has 0 fully saturated rings. The minimum atomic E-state index is -3.90. The summed E-state index contributed by atoms with van der Waals surface area (Å²) < 4.78 is 46.9. The summed E-state index contributed by atoms with van der Waals surface area (Å²) in [5, 5.41) is 5.08. The number of aryl methyl sites for hydroxylation is 1. The van der Waals surface area contributed by atoms with Crippen LogP contribution in [0.15, 0.2) is 21.9 Å². The number of fused-ring (bicyclic) bond motifs is 1. The van der Waals surface area contributed by atoms with Crippen LogP contribution in [-0.2, 0) is 26.3 Å². The largest absolute Gasteiger partial charge is 0.238 e. The minimum absolute atomic E-state index is 0.0437. The third-order valence-corrected chi connectivity index (χ3v) is 6.18. The first-order valence-electron chi connectivity index (χ1n) is 5.50. The van der Waals surface area contributed by atoms with Gasteiger partial charge in [-0.25, -0.2) is 22.0 Å². The molecule has 0 spiro atoms. The molecule has 1 unspecified atom stereocenters. The van der Waals surface area contributed by atoms with Crippen molar-refractivity contribution in [3.05, 3.63) is 23.3 Å². The van der Waals surface area contributed by atoms with Crippen molar-refractivity contribution in [1.29, 1.82) is 0 Å². The van der Waals surface area contributed by atoms with Crippen molar-refractivity contribution >= 4 is 19.9 Å². The lowest BCUT2D eigenvalue weighted by Crippen LogP contribution is -2.25. The smallest absolute Gasteiger partial charge is 0.225 e. The fraction of sp³-hybridized carbons (Fsp3) is 0.455. The lowest BCUT2D eigenvalue weighted by atomic mass is 10.0. The molecule has 1 aromatic carbocycles. The number of nitrogens with two attached hydrogens (primary N) is 1. The first-order chi connectivity index (χ1) is 8.11. The molecule has 0 saturated carbocycles. The first-order valence-corrected chi connectivity index (χ1v) is 8.70. The summed E-state index contributed by atoms with van der Waals surface area (Å²) >= 11 is 0. The lowest BCUT2D eigenvalue weighted by molar-refractivity contribution is 0.550. The predicted molar refractivity (Wildman–Crippen MR) is 67.5 cm³/mol. The number of hydrogen-bond donors (Lipinski definition) is 1. The second-order valence-corrected chi connectivity index (χ2v) is 8.39. The van der Waals surface area contributed by atoms with E-state index in [-0.39, 0.29) is 21.5 Å². The highest BCUT2D eigenvalue weighted by molar-refractivity contribution is 7.91. The highest BCUT2D eigenvalue weighted by atomic mass is 32.2. The van der Waals surface area contributed by atoms with Gasteiger partial charge in [0, 0.05) is 0 Å². The Kier molecular flexibility index (Phi) is 3.03. The molecule has 0 bridgehead atoms. The highest BCUT2D eigenvalue weighted by Crippen LogP contribution is 2.31. The van der Waals surface area contributed by atoms with Crippen molar-refractivity contribution in [2.45, 2.75) is 30.1 Å². The van der Waals surface area contributed by atoms with Gasteiger partial charge in [-0.2, -0.15) is 0 Å². The predicted octanol–water partition coefficient (Wildman–Crippen LogP) is 0.608. The number of sulfonamides is 1. The van der Waals surface area contributed by atoms with Gasteiger partial charge in [0.15, 0.2) is 9.84 Å². The van der Waals surface area contributed by atoms with Gasteiger partial charge in [0.2, 0.25) is 10.0 Å². The number of primary sulfonamides is 1. The van der Waals surface area contributed by atoms with E-state index < -0.39 is 19.9 Å². The van der Waals surface area contributed by atoms with Crippen LogP contribution in [0.1, 0.15) is 18.1 Å². The van der Waals surface area contributed by atoms with Crippen LogP contribution in [0.2, 0.25) is 0 Å². The Morgan fingerprint density at radius 1 is 1.33 bits per heavy atom. The van der Waals surface area contributed by atoms with Crippen LogP contribution in [0.4, 0.5) is 0 Å². The summed E-state index contributed by atoms with van der Waals surface area (Å²) in [6.07, 6.45) is 0.639. The van der Waals surface area contributed by atoms with Gasteiger partial charge in [0.1, 0.15) is 0 Å². The number of sulfone groups is 1. The Hall–Kier alpha value is -0.920. The molecule has 1 aliphatic rings. The van der Waals surface area contributed by atoms with E-state index in [0.717, 1.165) is 0 Å². The van der Waals surface area contributed by atoms with Crippen molar-refractivity contribution in [3.8, 4) is 0 Å². The molecule has 0 radical (unpaired) electrons. The first kappa shape index (κ1) is 13.5. The van der Waals surface area contributed by atoms with Crippen LogP contribution >= 0.6 is 0 Å². The molecule has 0 aliphatic carbocycles. The molecule has 0 aromatic heterocycles. The maximum Gasteiger partial charge on any atom is 0.238 e. The van der Waals surface area contributed by atoms with Gasteiger partial charge < -0.3 is 0 Å². The van der Waals surface area contributed by atoms with E-state index in [1.807, 2.05) is 6.92 Å². The fourth-order valence-electron chi connectivity index (χ4n) is 2.38. The van der Waals surface area contributed by atoms with Gasteiger partial charge in [-0.3, -0.25) is 0 Å². The third kappa shape index (κ3) is 2.30. The van der Waals surface area contributed by atoms with Crippen LogP contribution < -0.4 is 5.14 Å². The summed E-state index contributed by atoms with van der Waals surface area (Å²) in [5.41, 5.74) is 1.17. The second-order valence-electron chi connectivity index (χ2n) is 4.86. The summed E-state index contributed by atoms with van der Waals surface area (Å²) in [6.45, 7) is 3.48. The van der Waals surface area contributed by atoms with Crippen LogP contribution in [0.3, 0.4) is 0 Å². The average molecular weight is 289 g/mol. The molecular weight excluding hydrogens is 274 g/mol. The van der Waals surface area contributed by atoms with Crippen LogP contribution in [-0.4, -0.2) is 22.6 Å². The molecule has 0 saturated heterocycles. The number of rotatable bonds is 1. The topological polar surface area (TPSA) is 94.3 Å². The average Bonchev–Trinajstić information content (AvgIpc) is 2.12. The van der Waals surface area contributed by atoms with Crippen molar-refractivity contribution in [2.75, 3.05) is 5.75 Å². The van der Waals surface area contributed by atoms with E-state index in [0.29, 0.717) is 17.5 Å². The van der Waals surface area contributed by atoms with E-state index >= 15 is 0 Å². The van der Waals surface area contributed by atoms with Gasteiger partial charge in [-0.1, -0.05) is 13.0 Å². The van der Waals surface area contributed by atoms with E-state index in [9.17, 15) is 16.8 Å². The molecular formula is C11H15NO4S2. The summed E-state index contributed by atoms with van der Waals surface area (Å²) in [6, 6.07) is 2.81. The molecule has 0 amide bonds. The highest BCUT2D eigenvalue weighted by Gasteiger charge is 2.30. The van der Waals surface area contributed by atoms with Crippen molar-refractivity contribution in [3.63, 3.8) is 0 Å². The van der Waals surface area contributed by atoms with E-state index in [4.69, 9.17) is 5.14 Å². The van der Waals surface area contributed by atoms with E-state index in [1.54, 1.807) is 13.0 Å². The maximum absolute atomic E-state index is 12.0. The Morgan fingerprint density at radius 2 is 1.94 bits per heavy atom. The zero-order valence-corrected chi connectivity index (χ0v) is 11.8. The van der Waals surface area contributed by atoms with Gasteiger partial charge >= 0.3 is 0 Å². The van der Waals surface area contributed by atoms with Crippen molar-refractivity contribution < 1.29 is 16.8 Å². The number of hydrogen-bond acceptors (Lipinski definition) is 4. The Bertz CT molecular complexity index is 705. The molecule has 5 nitrogen and oxygen atoms in total. The van der Waals surface area contributed by atoms with Gasteiger partial charge in [0.05, 0.1) is 15.5 Å². The fourth-order valence-corrected chi connectivity index (χ4v) is 5.13. The Morgan fingerprint density at radius 3 is 2.50 bits per heavy atom. The lowest BCUT2D eigenvalue weighted by Gasteiger charge is -2.22. The van der Waals surface area contributed by atoms with Gasteiger partial charge in [-0.15, -0.1) is 0 Å². The molecule has 18 heavy (non-hydrogen) atoms. The zero-order chi connectivity index (χ0) is 13.7. The van der Waals surface area contributed by atoms with E-state index in [2.05, 4.69) is 0 Å². The molecule has 1 heterocycles. The Labute approximate surface area is 107 Å². The van der Waals surface area contributed by atoms with E-state index in [1.165, 1.54) is 6.07 Å². The third-order valence-electron chi connectivity index (χ3n) is 3.07. The molecule has 1 aromatic rings. The molecule has 1 aliphatic heterocycles. The molecule has 2 N–H and O–H groups in total. The van der Waals surface area contributed by atoms with Crippen LogP contribution in [0.25, 0.3) is 0 Å². The zero-order valence-electron chi connectivity index (χ0n) is 10.2. The normalized spacial score (nSPS) is 22.5.